The molecule has 0 heterocycles. The normalized spacial score (nSPS) is 11.2. The number of rotatable bonds is 7. The summed E-state index contributed by atoms with van der Waals surface area (Å²) in [7, 11) is -3.48. The highest BCUT2D eigenvalue weighted by molar-refractivity contribution is 7.89. The Morgan fingerprint density at radius 3 is 2.21 bits per heavy atom. The Labute approximate surface area is 143 Å². The maximum absolute atomic E-state index is 12.0. The van der Waals surface area contributed by atoms with E-state index in [-0.39, 0.29) is 17.2 Å². The molecular weight excluding hydrogens is 324 g/mol. The number of carbonyl (C=O) groups excluding carboxylic acids is 1. The molecule has 0 fully saturated rings. The standard InChI is InChI=1S/C18H22N2O3S/c1-3-12-19-24(22,23)17-10-8-16(9-11-17)20-18(21)13-15-6-4-14(2)5-7-15/h4-11,19H,3,12-13H2,1-2H3,(H,20,21). The third kappa shape index (κ3) is 5.18. The first-order valence-electron chi connectivity index (χ1n) is 7.86. The number of benzene rings is 2. The maximum Gasteiger partial charge on any atom is 0.240 e. The molecule has 0 aliphatic heterocycles. The van der Waals surface area contributed by atoms with Crippen LogP contribution in [-0.4, -0.2) is 20.9 Å². The number of carbonyl (C=O) groups is 1. The second-order valence-corrected chi connectivity index (χ2v) is 7.40. The quantitative estimate of drug-likeness (QED) is 0.809. The SMILES string of the molecule is CCCNS(=O)(=O)c1ccc(NC(=O)Cc2ccc(C)cc2)cc1. The van der Waals surface area contributed by atoms with Crippen LogP contribution in [0.15, 0.2) is 53.4 Å². The van der Waals surface area contributed by atoms with Crippen LogP contribution in [0.5, 0.6) is 0 Å². The van der Waals surface area contributed by atoms with Gasteiger partial charge in [0.05, 0.1) is 11.3 Å². The smallest absolute Gasteiger partial charge is 0.240 e. The summed E-state index contributed by atoms with van der Waals surface area (Å²) < 4.78 is 26.5. The van der Waals surface area contributed by atoms with Gasteiger partial charge in [0.1, 0.15) is 0 Å². The first-order chi connectivity index (χ1) is 11.4. The molecule has 1 amide bonds. The third-order valence-electron chi connectivity index (χ3n) is 3.48. The number of hydrogen-bond donors (Lipinski definition) is 2. The maximum atomic E-state index is 12.0. The predicted molar refractivity (Wildman–Crippen MR) is 95.4 cm³/mol. The van der Waals surface area contributed by atoms with Gasteiger partial charge in [-0.2, -0.15) is 0 Å². The number of anilines is 1. The van der Waals surface area contributed by atoms with Crippen LogP contribution >= 0.6 is 0 Å². The summed E-state index contributed by atoms with van der Waals surface area (Å²) in [5.74, 6) is -0.140. The Morgan fingerprint density at radius 1 is 1.00 bits per heavy atom. The summed E-state index contributed by atoms with van der Waals surface area (Å²) in [5, 5.41) is 2.77. The predicted octanol–water partition coefficient (Wildman–Crippen LogP) is 2.86. The average molecular weight is 346 g/mol. The lowest BCUT2D eigenvalue weighted by atomic mass is 10.1. The van der Waals surface area contributed by atoms with E-state index in [2.05, 4.69) is 10.0 Å². The van der Waals surface area contributed by atoms with Crippen molar-refractivity contribution in [2.24, 2.45) is 0 Å². The fourth-order valence-corrected chi connectivity index (χ4v) is 3.27. The number of nitrogens with one attached hydrogen (secondary N) is 2. The minimum Gasteiger partial charge on any atom is -0.326 e. The molecule has 0 bridgehead atoms. The van der Waals surface area contributed by atoms with Crippen molar-refractivity contribution < 1.29 is 13.2 Å². The first-order valence-corrected chi connectivity index (χ1v) is 9.34. The molecule has 0 saturated heterocycles. The number of sulfonamides is 1. The van der Waals surface area contributed by atoms with E-state index in [4.69, 9.17) is 0 Å². The van der Waals surface area contributed by atoms with Crippen molar-refractivity contribution in [2.45, 2.75) is 31.6 Å². The molecule has 2 rings (SSSR count). The van der Waals surface area contributed by atoms with Crippen molar-refractivity contribution in [1.82, 2.24) is 4.72 Å². The number of aryl methyl sites for hydroxylation is 1. The minimum absolute atomic E-state index is 0.140. The summed E-state index contributed by atoms with van der Waals surface area (Å²) in [5.41, 5.74) is 2.65. The van der Waals surface area contributed by atoms with Gasteiger partial charge < -0.3 is 5.32 Å². The van der Waals surface area contributed by atoms with E-state index in [0.717, 1.165) is 17.5 Å². The molecule has 6 heteroatoms. The van der Waals surface area contributed by atoms with E-state index in [1.807, 2.05) is 38.1 Å². The zero-order valence-corrected chi connectivity index (χ0v) is 14.7. The molecule has 24 heavy (non-hydrogen) atoms. The molecule has 0 aliphatic carbocycles. The van der Waals surface area contributed by atoms with Gasteiger partial charge in [0.2, 0.25) is 15.9 Å². The van der Waals surface area contributed by atoms with Gasteiger partial charge in [0.25, 0.3) is 0 Å². The number of hydrogen-bond acceptors (Lipinski definition) is 3. The molecule has 0 spiro atoms. The lowest BCUT2D eigenvalue weighted by Crippen LogP contribution is -2.24. The molecule has 2 N–H and O–H groups in total. The van der Waals surface area contributed by atoms with Gasteiger partial charge in [-0.15, -0.1) is 0 Å². The van der Waals surface area contributed by atoms with Crippen LogP contribution in [0.4, 0.5) is 5.69 Å². The van der Waals surface area contributed by atoms with Crippen LogP contribution in [0.25, 0.3) is 0 Å². The zero-order valence-electron chi connectivity index (χ0n) is 13.9. The lowest BCUT2D eigenvalue weighted by Gasteiger charge is -2.08. The van der Waals surface area contributed by atoms with E-state index in [1.165, 1.54) is 12.1 Å². The van der Waals surface area contributed by atoms with Crippen molar-refractivity contribution in [3.8, 4) is 0 Å². The van der Waals surface area contributed by atoms with Crippen LogP contribution in [-0.2, 0) is 21.2 Å². The van der Waals surface area contributed by atoms with Crippen molar-refractivity contribution in [2.75, 3.05) is 11.9 Å². The van der Waals surface area contributed by atoms with E-state index in [1.54, 1.807) is 12.1 Å². The van der Waals surface area contributed by atoms with E-state index in [9.17, 15) is 13.2 Å². The Morgan fingerprint density at radius 2 is 1.62 bits per heavy atom. The summed E-state index contributed by atoms with van der Waals surface area (Å²) in [6, 6.07) is 13.9. The Kier molecular flexibility index (Phi) is 6.11. The number of amides is 1. The van der Waals surface area contributed by atoms with Crippen molar-refractivity contribution in [3.05, 3.63) is 59.7 Å². The van der Waals surface area contributed by atoms with E-state index in [0.29, 0.717) is 12.2 Å². The lowest BCUT2D eigenvalue weighted by molar-refractivity contribution is -0.115. The molecular formula is C18H22N2O3S. The van der Waals surface area contributed by atoms with Gasteiger partial charge >= 0.3 is 0 Å². The van der Waals surface area contributed by atoms with Crippen molar-refractivity contribution in [1.29, 1.82) is 0 Å². The van der Waals surface area contributed by atoms with Crippen molar-refractivity contribution in [3.63, 3.8) is 0 Å². The van der Waals surface area contributed by atoms with Crippen LogP contribution in [0.3, 0.4) is 0 Å². The highest BCUT2D eigenvalue weighted by Gasteiger charge is 2.13. The van der Waals surface area contributed by atoms with Gasteiger partial charge in [0, 0.05) is 12.2 Å². The van der Waals surface area contributed by atoms with E-state index >= 15 is 0 Å². The molecule has 5 nitrogen and oxygen atoms in total. The summed E-state index contributed by atoms with van der Waals surface area (Å²) in [6.07, 6.45) is 1.00. The summed E-state index contributed by atoms with van der Waals surface area (Å²) in [6.45, 7) is 4.29. The largest absolute Gasteiger partial charge is 0.326 e. The third-order valence-corrected chi connectivity index (χ3v) is 4.95. The molecule has 0 saturated carbocycles. The highest BCUT2D eigenvalue weighted by atomic mass is 32.2. The van der Waals surface area contributed by atoms with Crippen LogP contribution in [0.2, 0.25) is 0 Å². The molecule has 2 aromatic rings. The second kappa shape index (κ2) is 8.08. The molecule has 0 radical (unpaired) electrons. The van der Waals surface area contributed by atoms with Gasteiger partial charge in [-0.25, -0.2) is 13.1 Å². The Balaban J connectivity index is 1.98. The fraction of sp³-hybridized carbons (Fsp3) is 0.278. The van der Waals surface area contributed by atoms with Gasteiger partial charge in [-0.3, -0.25) is 4.79 Å². The van der Waals surface area contributed by atoms with Gasteiger partial charge in [-0.05, 0) is 43.2 Å². The zero-order chi connectivity index (χ0) is 17.6. The van der Waals surface area contributed by atoms with Gasteiger partial charge in [0.15, 0.2) is 0 Å². The molecule has 0 aromatic heterocycles. The minimum atomic E-state index is -3.48. The monoisotopic (exact) mass is 346 g/mol. The van der Waals surface area contributed by atoms with Crippen LogP contribution in [0, 0.1) is 6.92 Å². The molecule has 2 aromatic carbocycles. The molecule has 0 unspecified atom stereocenters. The fourth-order valence-electron chi connectivity index (χ4n) is 2.13. The summed E-state index contributed by atoms with van der Waals surface area (Å²) in [4.78, 5) is 12.2. The average Bonchev–Trinajstić information content (AvgIpc) is 2.55. The molecule has 0 aliphatic rings. The Bertz CT molecular complexity index is 782. The topological polar surface area (TPSA) is 75.3 Å². The highest BCUT2D eigenvalue weighted by Crippen LogP contribution is 2.14. The summed E-state index contributed by atoms with van der Waals surface area (Å²) >= 11 is 0. The Hall–Kier alpha value is -2.18. The van der Waals surface area contributed by atoms with Crippen LogP contribution in [0.1, 0.15) is 24.5 Å². The molecule has 128 valence electrons. The molecule has 0 atom stereocenters. The van der Waals surface area contributed by atoms with Gasteiger partial charge in [-0.1, -0.05) is 36.8 Å². The van der Waals surface area contributed by atoms with E-state index < -0.39 is 10.0 Å². The van der Waals surface area contributed by atoms with Crippen LogP contribution < -0.4 is 10.0 Å². The second-order valence-electron chi connectivity index (χ2n) is 5.63. The van der Waals surface area contributed by atoms with Crippen molar-refractivity contribution >= 4 is 21.6 Å². The first kappa shape index (κ1) is 18.2.